The van der Waals surface area contributed by atoms with Crippen molar-refractivity contribution in [3.63, 3.8) is 0 Å². The number of alkyl halides is 2. The molecule has 4 aliphatic rings. The van der Waals surface area contributed by atoms with Crippen molar-refractivity contribution in [2.75, 3.05) is 9.80 Å². The molecule has 47 heavy (non-hydrogen) atoms. The van der Waals surface area contributed by atoms with E-state index in [1.54, 1.807) is 30.3 Å². The molecule has 4 amide bonds. The van der Waals surface area contributed by atoms with E-state index in [0.29, 0.717) is 5.69 Å². The highest BCUT2D eigenvalue weighted by molar-refractivity contribution is 14.1. The molecular weight excluding hydrogens is 789 g/mol. The van der Waals surface area contributed by atoms with E-state index in [1.165, 1.54) is 12.1 Å². The second-order valence-electron chi connectivity index (χ2n) is 11.6. The highest BCUT2D eigenvalue weighted by Crippen LogP contribution is 2.66. The van der Waals surface area contributed by atoms with Crippen LogP contribution in [-0.4, -0.2) is 38.5 Å². The summed E-state index contributed by atoms with van der Waals surface area (Å²) in [6, 6.07) is 9.19. The Morgan fingerprint density at radius 2 is 1.45 bits per heavy atom. The molecule has 2 aromatic carbocycles. The lowest BCUT2D eigenvalue weighted by atomic mass is 9.57. The van der Waals surface area contributed by atoms with Gasteiger partial charge in [0.2, 0.25) is 17.6 Å². The van der Waals surface area contributed by atoms with E-state index in [1.807, 2.05) is 0 Å². The molecular formula is C31H18Cl2F5IN2O6. The number of carbonyl (C=O) groups is 4. The van der Waals surface area contributed by atoms with Crippen LogP contribution in [0.5, 0.6) is 0 Å². The predicted molar refractivity (Wildman–Crippen MR) is 163 cm³/mol. The quantitative estimate of drug-likeness (QED) is 0.0676. The van der Waals surface area contributed by atoms with Crippen LogP contribution in [-0.2, 0) is 25.8 Å². The third kappa shape index (κ3) is 4.13. The van der Waals surface area contributed by atoms with Gasteiger partial charge in [0.15, 0.2) is 33.0 Å². The van der Waals surface area contributed by atoms with Gasteiger partial charge in [0.05, 0.1) is 23.4 Å². The number of nitrogens with zero attached hydrogens (tertiary/aromatic N) is 2. The molecule has 2 aliphatic carbocycles. The average molecular weight is 807 g/mol. The van der Waals surface area contributed by atoms with Gasteiger partial charge in [-0.25, -0.2) is 26.9 Å². The molecule has 244 valence electrons. The minimum Gasteiger partial charge on any atom is -0.463 e. The molecule has 0 radical (unpaired) electrons. The zero-order valence-electron chi connectivity index (χ0n) is 23.4. The SMILES string of the molecule is O=C1[C@H]2[C@H](CC=C3[C@H]2C[C@@]2(Cl)C(=O)N(c4c(F)c(F)c(F)c(F)c4F)C(=O)[C@@]2(Cl)[C@H]3c2ccc(CO)o2)C(=O)N1c1ccc(I)cc1. The number of aliphatic hydroxyl groups is 1. The average Bonchev–Trinajstić information content (AvgIpc) is 3.67. The number of fused-ring (bicyclic) bond motifs is 4. The van der Waals surface area contributed by atoms with Crippen molar-refractivity contribution < 1.29 is 50.7 Å². The first-order valence-corrected chi connectivity index (χ1v) is 15.8. The van der Waals surface area contributed by atoms with Crippen molar-refractivity contribution in [3.8, 4) is 0 Å². The van der Waals surface area contributed by atoms with Gasteiger partial charge < -0.3 is 9.52 Å². The van der Waals surface area contributed by atoms with Crippen molar-refractivity contribution in [1.82, 2.24) is 0 Å². The highest BCUT2D eigenvalue weighted by atomic mass is 127. The lowest BCUT2D eigenvalue weighted by Gasteiger charge is -2.49. The van der Waals surface area contributed by atoms with Crippen LogP contribution in [0.3, 0.4) is 0 Å². The number of hydrogen-bond donors (Lipinski definition) is 1. The van der Waals surface area contributed by atoms with Crippen LogP contribution >= 0.6 is 45.8 Å². The zero-order chi connectivity index (χ0) is 33.9. The third-order valence-electron chi connectivity index (χ3n) is 9.43. The van der Waals surface area contributed by atoms with Crippen molar-refractivity contribution in [2.45, 2.75) is 35.1 Å². The Hall–Kier alpha value is -3.34. The fraction of sp³-hybridized carbons (Fsp3) is 0.290. The molecule has 2 saturated heterocycles. The predicted octanol–water partition coefficient (Wildman–Crippen LogP) is 5.84. The van der Waals surface area contributed by atoms with Crippen LogP contribution in [0.4, 0.5) is 33.3 Å². The summed E-state index contributed by atoms with van der Waals surface area (Å²) in [6.07, 6.45) is 0.905. The Morgan fingerprint density at radius 1 is 0.830 bits per heavy atom. The Morgan fingerprint density at radius 3 is 2.04 bits per heavy atom. The number of hydrogen-bond acceptors (Lipinski definition) is 6. The summed E-state index contributed by atoms with van der Waals surface area (Å²) in [5.74, 6) is -21.5. The Balaban J connectivity index is 1.41. The monoisotopic (exact) mass is 806 g/mol. The number of anilines is 2. The standard InChI is InChI=1S/C31H18Cl2F5IN2O6/c32-30-9-16-14(6-7-15-18(16)27(44)40(26(15)43)12-3-1-11(39)2-4-12)19(17-8-5-13(10-42)47-17)31(30,33)29(46)41(28(30)45)25-23(37)21(35)20(34)22(36)24(25)38/h1-6,8,15-16,18-19,42H,7,9-10H2/t15-,16+,18-,19+,30+,31-/m0/s1. The maximum Gasteiger partial charge on any atom is 0.258 e. The molecule has 1 N–H and O–H groups in total. The third-order valence-corrected chi connectivity index (χ3v) is 11.6. The molecule has 6 atom stereocenters. The number of carbonyl (C=O) groups excluding carboxylic acids is 4. The van der Waals surface area contributed by atoms with Crippen LogP contribution in [0.2, 0.25) is 0 Å². The zero-order valence-corrected chi connectivity index (χ0v) is 27.0. The Kier molecular flexibility index (Phi) is 7.43. The van der Waals surface area contributed by atoms with Crippen LogP contribution in [0.15, 0.2) is 52.5 Å². The number of imide groups is 2. The molecule has 3 heterocycles. The number of aliphatic hydroxyl groups excluding tert-OH is 1. The van der Waals surface area contributed by atoms with E-state index in [0.717, 1.165) is 8.47 Å². The second-order valence-corrected chi connectivity index (χ2v) is 14.1. The van der Waals surface area contributed by atoms with E-state index < -0.39 is 105 Å². The number of halogens is 8. The van der Waals surface area contributed by atoms with E-state index in [-0.39, 0.29) is 28.4 Å². The molecule has 0 spiro atoms. The van der Waals surface area contributed by atoms with E-state index in [2.05, 4.69) is 22.6 Å². The molecule has 2 aliphatic heterocycles. The molecule has 7 rings (SSSR count). The van der Waals surface area contributed by atoms with Gasteiger partial charge in [-0.05, 0) is 77.7 Å². The van der Waals surface area contributed by atoms with Crippen molar-refractivity contribution in [1.29, 1.82) is 0 Å². The fourth-order valence-corrected chi connectivity index (χ4v) is 8.63. The van der Waals surface area contributed by atoms with Crippen LogP contribution in [0, 0.1) is 50.4 Å². The number of furan rings is 1. The molecule has 0 unspecified atom stereocenters. The number of amides is 4. The first kappa shape index (κ1) is 32.2. The molecule has 1 saturated carbocycles. The van der Waals surface area contributed by atoms with Crippen LogP contribution < -0.4 is 9.80 Å². The van der Waals surface area contributed by atoms with Gasteiger partial charge in [-0.3, -0.25) is 24.1 Å². The van der Waals surface area contributed by atoms with Gasteiger partial charge in [0.1, 0.15) is 23.8 Å². The normalized spacial score (nSPS) is 30.1. The van der Waals surface area contributed by atoms with E-state index in [9.17, 15) is 37.5 Å². The van der Waals surface area contributed by atoms with Crippen LogP contribution in [0.1, 0.15) is 30.3 Å². The molecule has 16 heteroatoms. The second kappa shape index (κ2) is 10.8. The molecule has 3 aromatic rings. The summed E-state index contributed by atoms with van der Waals surface area (Å²) < 4.78 is 79.3. The van der Waals surface area contributed by atoms with Gasteiger partial charge >= 0.3 is 0 Å². The molecule has 3 fully saturated rings. The lowest BCUT2D eigenvalue weighted by molar-refractivity contribution is -0.125. The largest absolute Gasteiger partial charge is 0.463 e. The van der Waals surface area contributed by atoms with Crippen molar-refractivity contribution >= 4 is 80.8 Å². The van der Waals surface area contributed by atoms with Crippen molar-refractivity contribution in [3.05, 3.63) is 92.2 Å². The fourth-order valence-electron chi connectivity index (χ4n) is 7.36. The van der Waals surface area contributed by atoms with Gasteiger partial charge in [-0.1, -0.05) is 11.6 Å². The maximum absolute atomic E-state index is 15.1. The van der Waals surface area contributed by atoms with Crippen molar-refractivity contribution in [2.24, 2.45) is 17.8 Å². The smallest absolute Gasteiger partial charge is 0.258 e. The maximum atomic E-state index is 15.1. The van der Waals surface area contributed by atoms with Gasteiger partial charge in [-0.15, -0.1) is 23.2 Å². The molecule has 1 aromatic heterocycles. The minimum absolute atomic E-state index is 0.0118. The number of rotatable bonds is 4. The number of allylic oxidation sites excluding steroid dienone is 2. The Labute approximate surface area is 285 Å². The summed E-state index contributed by atoms with van der Waals surface area (Å²) in [5, 5.41) is 9.68. The first-order valence-electron chi connectivity index (χ1n) is 14.0. The van der Waals surface area contributed by atoms with Crippen LogP contribution in [0.25, 0.3) is 0 Å². The topological polar surface area (TPSA) is 108 Å². The van der Waals surface area contributed by atoms with Gasteiger partial charge in [0.25, 0.3) is 11.8 Å². The van der Waals surface area contributed by atoms with Gasteiger partial charge in [0, 0.05) is 3.57 Å². The summed E-state index contributed by atoms with van der Waals surface area (Å²) in [7, 11) is 0. The Bertz CT molecular complexity index is 1940. The summed E-state index contributed by atoms with van der Waals surface area (Å²) in [6.45, 7) is -0.608. The van der Waals surface area contributed by atoms with E-state index >= 15 is 8.78 Å². The van der Waals surface area contributed by atoms with Gasteiger partial charge in [-0.2, -0.15) is 0 Å². The summed E-state index contributed by atoms with van der Waals surface area (Å²) >= 11 is 16.1. The lowest BCUT2D eigenvalue weighted by Crippen LogP contribution is -2.60. The number of benzene rings is 2. The highest BCUT2D eigenvalue weighted by Gasteiger charge is 2.77. The summed E-state index contributed by atoms with van der Waals surface area (Å²) in [4.78, 5) is 51.4. The minimum atomic E-state index is -2.70. The summed E-state index contributed by atoms with van der Waals surface area (Å²) in [5.41, 5.74) is -1.34. The molecule has 8 nitrogen and oxygen atoms in total. The first-order chi connectivity index (χ1) is 22.2. The molecule has 0 bridgehead atoms. The van der Waals surface area contributed by atoms with E-state index in [4.69, 9.17) is 27.6 Å².